The zero-order valence-corrected chi connectivity index (χ0v) is 9.86. The van der Waals surface area contributed by atoms with Gasteiger partial charge >= 0.3 is 0 Å². The molecule has 2 heteroatoms. The summed E-state index contributed by atoms with van der Waals surface area (Å²) < 4.78 is 0. The molecule has 1 heterocycles. The Balaban J connectivity index is 1.97. The Morgan fingerprint density at radius 2 is 2.06 bits per heavy atom. The van der Waals surface area contributed by atoms with Gasteiger partial charge in [-0.3, -0.25) is 4.79 Å². The number of amides is 1. The second-order valence-corrected chi connectivity index (χ2v) is 4.72. The highest BCUT2D eigenvalue weighted by molar-refractivity contribution is 5.76. The number of rotatable bonds is 2. The fourth-order valence-electron chi connectivity index (χ4n) is 2.43. The van der Waals surface area contributed by atoms with Gasteiger partial charge in [0, 0.05) is 20.0 Å². The summed E-state index contributed by atoms with van der Waals surface area (Å²) in [7, 11) is 1.92. The van der Waals surface area contributed by atoms with Crippen LogP contribution in [0.4, 0.5) is 0 Å². The molecular formula is C14H19NO. The van der Waals surface area contributed by atoms with Crippen LogP contribution in [0.1, 0.15) is 24.8 Å². The Morgan fingerprint density at radius 1 is 1.31 bits per heavy atom. The van der Waals surface area contributed by atoms with Gasteiger partial charge in [0.15, 0.2) is 0 Å². The Labute approximate surface area is 97.3 Å². The molecule has 1 aliphatic heterocycles. The molecule has 2 nitrogen and oxygen atoms in total. The third-order valence-electron chi connectivity index (χ3n) is 3.33. The first-order valence-electron chi connectivity index (χ1n) is 6.03. The Bertz CT molecular complexity index is 347. The molecule has 0 bridgehead atoms. The van der Waals surface area contributed by atoms with Crippen molar-refractivity contribution in [2.45, 2.75) is 25.7 Å². The molecule has 0 N–H and O–H groups in total. The van der Waals surface area contributed by atoms with Crippen molar-refractivity contribution in [2.75, 3.05) is 13.6 Å². The van der Waals surface area contributed by atoms with Crippen LogP contribution in [0, 0.1) is 5.92 Å². The van der Waals surface area contributed by atoms with Crippen LogP contribution in [0.5, 0.6) is 0 Å². The van der Waals surface area contributed by atoms with Crippen LogP contribution in [0.2, 0.25) is 0 Å². The van der Waals surface area contributed by atoms with E-state index in [0.29, 0.717) is 11.8 Å². The summed E-state index contributed by atoms with van der Waals surface area (Å²) in [5.74, 6) is 0.925. The molecular weight excluding hydrogens is 198 g/mol. The van der Waals surface area contributed by atoms with E-state index in [2.05, 4.69) is 24.3 Å². The summed E-state index contributed by atoms with van der Waals surface area (Å²) in [6.07, 6.45) is 4.03. The molecule has 16 heavy (non-hydrogen) atoms. The number of likely N-dealkylation sites (tertiary alicyclic amines) is 1. The maximum Gasteiger partial charge on any atom is 0.222 e. The van der Waals surface area contributed by atoms with Crippen LogP contribution in [0.15, 0.2) is 30.3 Å². The molecule has 0 radical (unpaired) electrons. The summed E-state index contributed by atoms with van der Waals surface area (Å²) in [4.78, 5) is 13.4. The third-order valence-corrected chi connectivity index (χ3v) is 3.33. The zero-order chi connectivity index (χ0) is 11.4. The second-order valence-electron chi connectivity index (χ2n) is 4.72. The average Bonchev–Trinajstić information content (AvgIpc) is 2.43. The smallest absolute Gasteiger partial charge is 0.222 e. The molecule has 1 aromatic carbocycles. The monoisotopic (exact) mass is 217 g/mol. The van der Waals surface area contributed by atoms with Crippen molar-refractivity contribution in [3.05, 3.63) is 35.9 Å². The van der Waals surface area contributed by atoms with Crippen molar-refractivity contribution in [3.63, 3.8) is 0 Å². The number of carbonyl (C=O) groups excluding carboxylic acids is 1. The van der Waals surface area contributed by atoms with E-state index < -0.39 is 0 Å². The standard InChI is InChI=1S/C14H19NO/c1-15-11-13(8-5-9-14(15)16)10-12-6-3-2-4-7-12/h2-4,6-7,13H,5,8-11H2,1H3. The number of carbonyl (C=O) groups is 1. The fraction of sp³-hybridized carbons (Fsp3) is 0.500. The van der Waals surface area contributed by atoms with E-state index in [0.717, 1.165) is 25.8 Å². The van der Waals surface area contributed by atoms with Gasteiger partial charge in [0.25, 0.3) is 0 Å². The van der Waals surface area contributed by atoms with Crippen LogP contribution in [-0.2, 0) is 11.2 Å². The molecule has 86 valence electrons. The molecule has 1 fully saturated rings. The Hall–Kier alpha value is -1.31. The zero-order valence-electron chi connectivity index (χ0n) is 9.86. The molecule has 0 aromatic heterocycles. The molecule has 1 saturated heterocycles. The largest absolute Gasteiger partial charge is 0.345 e. The summed E-state index contributed by atoms with van der Waals surface area (Å²) in [6, 6.07) is 10.6. The highest BCUT2D eigenvalue weighted by Crippen LogP contribution is 2.20. The van der Waals surface area contributed by atoms with Crippen LogP contribution in [0.3, 0.4) is 0 Å². The van der Waals surface area contributed by atoms with E-state index in [-0.39, 0.29) is 0 Å². The lowest BCUT2D eigenvalue weighted by Crippen LogP contribution is -2.29. The molecule has 2 rings (SSSR count). The molecule has 0 saturated carbocycles. The summed E-state index contributed by atoms with van der Waals surface area (Å²) in [6.45, 7) is 0.910. The van der Waals surface area contributed by atoms with Gasteiger partial charge in [-0.2, -0.15) is 0 Å². The summed E-state index contributed by atoms with van der Waals surface area (Å²) in [5, 5.41) is 0. The van der Waals surface area contributed by atoms with Crippen molar-refractivity contribution >= 4 is 5.91 Å². The first kappa shape index (κ1) is 11.2. The topological polar surface area (TPSA) is 20.3 Å². The first-order valence-corrected chi connectivity index (χ1v) is 6.03. The fourth-order valence-corrected chi connectivity index (χ4v) is 2.43. The first-order chi connectivity index (χ1) is 7.75. The van der Waals surface area contributed by atoms with Crippen LogP contribution in [0.25, 0.3) is 0 Å². The van der Waals surface area contributed by atoms with Gasteiger partial charge in [-0.25, -0.2) is 0 Å². The quantitative estimate of drug-likeness (QED) is 0.745. The minimum Gasteiger partial charge on any atom is -0.345 e. The minimum absolute atomic E-state index is 0.301. The van der Waals surface area contributed by atoms with Gasteiger partial charge in [-0.15, -0.1) is 0 Å². The Kier molecular flexibility index (Phi) is 3.60. The van der Waals surface area contributed by atoms with Gasteiger partial charge in [0.2, 0.25) is 5.91 Å². The summed E-state index contributed by atoms with van der Waals surface area (Å²) >= 11 is 0. The van der Waals surface area contributed by atoms with Crippen molar-refractivity contribution in [1.29, 1.82) is 0 Å². The highest BCUT2D eigenvalue weighted by Gasteiger charge is 2.20. The number of hydrogen-bond acceptors (Lipinski definition) is 1. The molecule has 0 aliphatic carbocycles. The number of benzene rings is 1. The van der Waals surface area contributed by atoms with E-state index in [1.54, 1.807) is 0 Å². The van der Waals surface area contributed by atoms with Crippen molar-refractivity contribution in [2.24, 2.45) is 5.92 Å². The Morgan fingerprint density at radius 3 is 2.81 bits per heavy atom. The van der Waals surface area contributed by atoms with E-state index in [9.17, 15) is 4.79 Å². The van der Waals surface area contributed by atoms with E-state index >= 15 is 0 Å². The van der Waals surface area contributed by atoms with Crippen LogP contribution >= 0.6 is 0 Å². The molecule has 1 atom stereocenters. The van der Waals surface area contributed by atoms with E-state index in [1.807, 2.05) is 18.0 Å². The molecule has 1 aromatic rings. The predicted octanol–water partition coefficient (Wildman–Crippen LogP) is 2.49. The van der Waals surface area contributed by atoms with Crippen LogP contribution in [-0.4, -0.2) is 24.4 Å². The summed E-state index contributed by atoms with van der Waals surface area (Å²) in [5.41, 5.74) is 1.38. The maximum absolute atomic E-state index is 11.5. The van der Waals surface area contributed by atoms with Gasteiger partial charge in [0.1, 0.15) is 0 Å². The van der Waals surface area contributed by atoms with E-state index in [4.69, 9.17) is 0 Å². The predicted molar refractivity (Wildman–Crippen MR) is 65.1 cm³/mol. The van der Waals surface area contributed by atoms with Gasteiger partial charge in [0.05, 0.1) is 0 Å². The molecule has 1 aliphatic rings. The van der Waals surface area contributed by atoms with E-state index in [1.165, 1.54) is 12.0 Å². The highest BCUT2D eigenvalue weighted by atomic mass is 16.2. The van der Waals surface area contributed by atoms with Crippen molar-refractivity contribution in [3.8, 4) is 0 Å². The van der Waals surface area contributed by atoms with Crippen LogP contribution < -0.4 is 0 Å². The van der Waals surface area contributed by atoms with Crippen molar-refractivity contribution < 1.29 is 4.79 Å². The lowest BCUT2D eigenvalue weighted by molar-refractivity contribution is -0.129. The lowest BCUT2D eigenvalue weighted by atomic mass is 9.95. The normalized spacial score (nSPS) is 21.9. The van der Waals surface area contributed by atoms with Gasteiger partial charge in [-0.1, -0.05) is 30.3 Å². The van der Waals surface area contributed by atoms with Gasteiger partial charge < -0.3 is 4.90 Å². The number of hydrogen-bond donors (Lipinski definition) is 0. The minimum atomic E-state index is 0.301. The van der Waals surface area contributed by atoms with Crippen molar-refractivity contribution in [1.82, 2.24) is 4.90 Å². The third kappa shape index (κ3) is 2.84. The number of nitrogens with zero attached hydrogens (tertiary/aromatic N) is 1. The molecule has 1 unspecified atom stereocenters. The van der Waals surface area contributed by atoms with Gasteiger partial charge in [-0.05, 0) is 30.7 Å². The SMILES string of the molecule is CN1CC(Cc2ccccc2)CCCC1=O. The molecule has 1 amide bonds. The lowest BCUT2D eigenvalue weighted by Gasteiger charge is -2.20. The second kappa shape index (κ2) is 5.15. The average molecular weight is 217 g/mol. The molecule has 0 spiro atoms. The maximum atomic E-state index is 11.5.